The first-order valence-corrected chi connectivity index (χ1v) is 6.73. The van der Waals surface area contributed by atoms with Crippen molar-refractivity contribution in [2.75, 3.05) is 31.0 Å². The van der Waals surface area contributed by atoms with E-state index in [9.17, 15) is 0 Å². The number of hydrazine groups is 1. The highest BCUT2D eigenvalue weighted by atomic mass is 16.5. The van der Waals surface area contributed by atoms with Gasteiger partial charge in [-0.25, -0.2) is 15.8 Å². The summed E-state index contributed by atoms with van der Waals surface area (Å²) in [5.74, 6) is 8.92. The van der Waals surface area contributed by atoms with Crippen molar-refractivity contribution >= 4 is 11.6 Å². The second kappa shape index (κ2) is 6.16. The average Bonchev–Trinajstić information content (AvgIpc) is 3.22. The van der Waals surface area contributed by atoms with Crippen LogP contribution in [-0.4, -0.2) is 30.2 Å². The molecule has 0 bridgehead atoms. The van der Waals surface area contributed by atoms with Gasteiger partial charge in [0.25, 0.3) is 0 Å². The number of nitrogens with one attached hydrogen (secondary N) is 2. The predicted molar refractivity (Wildman–Crippen MR) is 76.1 cm³/mol. The Hall–Kier alpha value is -1.40. The van der Waals surface area contributed by atoms with Crippen LogP contribution >= 0.6 is 0 Å². The van der Waals surface area contributed by atoms with E-state index in [1.54, 1.807) is 7.11 Å². The fourth-order valence-electron chi connectivity index (χ4n) is 1.99. The molecule has 1 unspecified atom stereocenters. The number of methoxy groups -OCH3 is 1. The van der Waals surface area contributed by atoms with E-state index in [-0.39, 0.29) is 0 Å². The van der Waals surface area contributed by atoms with Crippen LogP contribution in [0.1, 0.15) is 37.1 Å². The van der Waals surface area contributed by atoms with E-state index in [0.717, 1.165) is 30.4 Å². The fourth-order valence-corrected chi connectivity index (χ4v) is 1.99. The molecule has 1 heterocycles. The highest BCUT2D eigenvalue weighted by molar-refractivity contribution is 5.57. The summed E-state index contributed by atoms with van der Waals surface area (Å²) < 4.78 is 5.13. The Balaban J connectivity index is 2.11. The summed E-state index contributed by atoms with van der Waals surface area (Å²) >= 11 is 0. The molecule has 1 atom stereocenters. The van der Waals surface area contributed by atoms with Gasteiger partial charge >= 0.3 is 0 Å². The Morgan fingerprint density at radius 2 is 2.05 bits per heavy atom. The normalized spacial score (nSPS) is 16.2. The van der Waals surface area contributed by atoms with Gasteiger partial charge in [-0.1, -0.05) is 6.92 Å². The Kier molecular flexibility index (Phi) is 4.55. The van der Waals surface area contributed by atoms with Crippen molar-refractivity contribution in [1.29, 1.82) is 0 Å². The molecule has 6 heteroatoms. The minimum absolute atomic E-state index is 0.429. The van der Waals surface area contributed by atoms with E-state index >= 15 is 0 Å². The smallest absolute Gasteiger partial charge is 0.148 e. The first kappa shape index (κ1) is 14.0. The molecule has 1 aromatic rings. The number of nitrogens with two attached hydrogens (primary N) is 1. The lowest BCUT2D eigenvalue weighted by molar-refractivity contribution is 0.164. The number of aromatic nitrogens is 2. The van der Waals surface area contributed by atoms with Gasteiger partial charge in [0.15, 0.2) is 0 Å². The van der Waals surface area contributed by atoms with Crippen molar-refractivity contribution in [2.45, 2.75) is 32.6 Å². The molecule has 6 nitrogen and oxygen atoms in total. The van der Waals surface area contributed by atoms with Crippen LogP contribution in [0, 0.1) is 12.8 Å². The molecule has 19 heavy (non-hydrogen) atoms. The van der Waals surface area contributed by atoms with Gasteiger partial charge in [-0.05, 0) is 25.7 Å². The van der Waals surface area contributed by atoms with E-state index < -0.39 is 0 Å². The minimum Gasteiger partial charge on any atom is -0.384 e. The van der Waals surface area contributed by atoms with Gasteiger partial charge in [-0.2, -0.15) is 0 Å². The maximum absolute atomic E-state index is 5.52. The van der Waals surface area contributed by atoms with Gasteiger partial charge in [-0.3, -0.25) is 0 Å². The predicted octanol–water partition coefficient (Wildman–Crippen LogP) is 1.64. The van der Waals surface area contributed by atoms with Crippen LogP contribution in [0.4, 0.5) is 11.6 Å². The molecule has 1 saturated carbocycles. The molecule has 0 amide bonds. The number of nitrogens with zero attached hydrogens (tertiary/aromatic N) is 2. The summed E-state index contributed by atoms with van der Waals surface area (Å²) in [4.78, 5) is 9.08. The number of ether oxygens (including phenoxy) is 1. The first-order chi connectivity index (χ1) is 9.15. The van der Waals surface area contributed by atoms with Gasteiger partial charge < -0.3 is 15.5 Å². The zero-order valence-corrected chi connectivity index (χ0v) is 11.9. The summed E-state index contributed by atoms with van der Waals surface area (Å²) in [5.41, 5.74) is 3.61. The van der Waals surface area contributed by atoms with E-state index in [0.29, 0.717) is 17.7 Å². The lowest BCUT2D eigenvalue weighted by atomic mass is 10.2. The fraction of sp³-hybridized carbons (Fsp3) is 0.692. The largest absolute Gasteiger partial charge is 0.384 e. The van der Waals surface area contributed by atoms with E-state index in [2.05, 4.69) is 27.6 Å². The standard InChI is InChI=1S/C13H23N5O/c1-8(7-19-3)6-15-11-9(2)12(18-14)17-13(16-11)10-4-5-10/h8,10H,4-7,14H2,1-3H3,(H2,15,16,17,18). The number of hydrogen-bond donors (Lipinski definition) is 3. The third-order valence-corrected chi connectivity index (χ3v) is 3.31. The topological polar surface area (TPSA) is 85.1 Å². The number of nitrogen functional groups attached to an aromatic ring is 1. The van der Waals surface area contributed by atoms with Gasteiger partial charge in [0.1, 0.15) is 17.5 Å². The van der Waals surface area contributed by atoms with Crippen LogP contribution in [0.25, 0.3) is 0 Å². The number of rotatable bonds is 7. The maximum Gasteiger partial charge on any atom is 0.148 e. The molecule has 0 radical (unpaired) electrons. The molecule has 1 aromatic heterocycles. The molecule has 0 saturated heterocycles. The molecule has 1 fully saturated rings. The lowest BCUT2D eigenvalue weighted by Crippen LogP contribution is -2.19. The Morgan fingerprint density at radius 3 is 2.63 bits per heavy atom. The van der Waals surface area contributed by atoms with Crippen LogP contribution in [0.3, 0.4) is 0 Å². The van der Waals surface area contributed by atoms with Gasteiger partial charge in [-0.15, -0.1) is 0 Å². The second-order valence-corrected chi connectivity index (χ2v) is 5.26. The van der Waals surface area contributed by atoms with Crippen LogP contribution < -0.4 is 16.6 Å². The minimum atomic E-state index is 0.429. The molecule has 0 aromatic carbocycles. The second-order valence-electron chi connectivity index (χ2n) is 5.26. The van der Waals surface area contributed by atoms with E-state index in [1.807, 2.05) is 6.92 Å². The summed E-state index contributed by atoms with van der Waals surface area (Å²) in [7, 11) is 1.72. The van der Waals surface area contributed by atoms with Crippen molar-refractivity contribution in [3.8, 4) is 0 Å². The molecular formula is C13H23N5O. The van der Waals surface area contributed by atoms with E-state index in [4.69, 9.17) is 10.6 Å². The van der Waals surface area contributed by atoms with Gasteiger partial charge in [0.2, 0.25) is 0 Å². The van der Waals surface area contributed by atoms with Crippen LogP contribution in [0.5, 0.6) is 0 Å². The summed E-state index contributed by atoms with van der Waals surface area (Å²) in [6.07, 6.45) is 2.35. The Morgan fingerprint density at radius 1 is 1.37 bits per heavy atom. The van der Waals surface area contributed by atoms with Crippen LogP contribution in [0.15, 0.2) is 0 Å². The third kappa shape index (κ3) is 3.54. The summed E-state index contributed by atoms with van der Waals surface area (Å²) in [6.45, 7) is 5.65. The third-order valence-electron chi connectivity index (χ3n) is 3.31. The molecule has 1 aliphatic carbocycles. The van der Waals surface area contributed by atoms with Gasteiger partial charge in [0.05, 0.1) is 6.61 Å². The van der Waals surface area contributed by atoms with Crippen molar-refractivity contribution in [1.82, 2.24) is 9.97 Å². The maximum atomic E-state index is 5.52. The zero-order valence-electron chi connectivity index (χ0n) is 11.9. The highest BCUT2D eigenvalue weighted by Gasteiger charge is 2.28. The highest BCUT2D eigenvalue weighted by Crippen LogP contribution is 2.39. The van der Waals surface area contributed by atoms with Crippen molar-refractivity contribution in [3.05, 3.63) is 11.4 Å². The lowest BCUT2D eigenvalue weighted by Gasteiger charge is -2.16. The molecule has 4 N–H and O–H groups in total. The quantitative estimate of drug-likeness (QED) is 0.513. The monoisotopic (exact) mass is 265 g/mol. The molecule has 0 aliphatic heterocycles. The Labute approximate surface area is 114 Å². The number of hydrogen-bond acceptors (Lipinski definition) is 6. The summed E-state index contributed by atoms with van der Waals surface area (Å²) in [6, 6.07) is 0. The van der Waals surface area contributed by atoms with Crippen molar-refractivity contribution < 1.29 is 4.74 Å². The molecule has 106 valence electrons. The van der Waals surface area contributed by atoms with Crippen LogP contribution in [0.2, 0.25) is 0 Å². The zero-order chi connectivity index (χ0) is 13.8. The van der Waals surface area contributed by atoms with Crippen LogP contribution in [-0.2, 0) is 4.74 Å². The Bertz CT molecular complexity index is 433. The molecule has 2 rings (SSSR count). The van der Waals surface area contributed by atoms with E-state index in [1.165, 1.54) is 12.8 Å². The SMILES string of the molecule is COCC(C)CNc1nc(C2CC2)nc(NN)c1C. The average molecular weight is 265 g/mol. The number of anilines is 2. The van der Waals surface area contributed by atoms with Gasteiger partial charge in [0, 0.05) is 25.1 Å². The summed E-state index contributed by atoms with van der Waals surface area (Å²) in [5, 5.41) is 3.37. The molecule has 1 aliphatic rings. The molecule has 0 spiro atoms. The van der Waals surface area contributed by atoms with Crippen molar-refractivity contribution in [2.24, 2.45) is 11.8 Å². The molecular weight excluding hydrogens is 242 g/mol. The first-order valence-electron chi connectivity index (χ1n) is 6.73. The van der Waals surface area contributed by atoms with Crippen molar-refractivity contribution in [3.63, 3.8) is 0 Å².